The molecule has 3 N–H and O–H groups in total. The molecule has 0 spiro atoms. The first-order valence-corrected chi connectivity index (χ1v) is 15.1. The summed E-state index contributed by atoms with van der Waals surface area (Å²) in [5.74, 6) is -1.51. The first kappa shape index (κ1) is 28.3. The Morgan fingerprint density at radius 2 is 1.90 bits per heavy atom. The number of thioether (sulfide) groups is 1. The second kappa shape index (κ2) is 11.4. The number of nitrogens with one attached hydrogen (secondary N) is 2. The molecule has 2 aliphatic rings. The monoisotopic (exact) mass is 642 g/mol. The lowest BCUT2D eigenvalue weighted by atomic mass is 9.98. The number of benzene rings is 2. The highest BCUT2D eigenvalue weighted by atomic mass is 35.5. The molecule has 2 aliphatic heterocycles. The Hall–Kier alpha value is -3.84. The molecule has 0 radical (unpaired) electrons. The maximum atomic E-state index is 13.0. The molecular weight excluding hydrogens is 623 g/mol. The number of nitrogens with zero attached hydrogens (tertiary/aromatic N) is 2. The molecule has 6 rings (SSSR count). The van der Waals surface area contributed by atoms with E-state index in [1.54, 1.807) is 35.7 Å². The fourth-order valence-electron chi connectivity index (χ4n) is 4.84. The number of carboxylic acids is 1. The molecule has 4 aromatic rings. The number of rotatable bonds is 8. The van der Waals surface area contributed by atoms with Gasteiger partial charge in [-0.1, -0.05) is 29.3 Å². The second-order valence-corrected chi connectivity index (χ2v) is 12.4. The summed E-state index contributed by atoms with van der Waals surface area (Å²) in [5.41, 5.74) is 0.746. The van der Waals surface area contributed by atoms with Gasteiger partial charge in [0.15, 0.2) is 6.04 Å². The summed E-state index contributed by atoms with van der Waals surface area (Å²) in [5, 5.41) is 16.8. The normalized spacial score (nSPS) is 19.6. The molecule has 0 aliphatic carbocycles. The summed E-state index contributed by atoms with van der Waals surface area (Å²) in [6.45, 7) is -0.169. The number of aromatic amines is 1. The van der Waals surface area contributed by atoms with Crippen molar-refractivity contribution < 1.29 is 24.2 Å². The molecule has 1 fully saturated rings. The second-order valence-electron chi connectivity index (χ2n) is 9.51. The van der Waals surface area contributed by atoms with Gasteiger partial charge in [0.05, 0.1) is 22.9 Å². The van der Waals surface area contributed by atoms with Crippen LogP contribution in [0.3, 0.4) is 0 Å². The predicted molar refractivity (Wildman–Crippen MR) is 161 cm³/mol. The lowest BCUT2D eigenvalue weighted by molar-refractivity contribution is -0.160. The van der Waals surface area contributed by atoms with E-state index in [9.17, 15) is 24.3 Å². The standard InChI is InChI=1S/C28H20Cl2N4O6S2/c29-14-3-5-19-17(8-14)25(36)33-24(31-19)18-9-15(30)4-6-20(18)40-11-13-12-42-27-22(26(37)34(27)23(13)28(38)39)32-21(35)10-16-2-1-7-41-16/h1-9,12,22-23,27H,10-11H2,(H,32,35)(H,38,39)(H,31,33,36). The molecule has 10 nitrogen and oxygen atoms in total. The van der Waals surface area contributed by atoms with Crippen LogP contribution in [0, 0.1) is 0 Å². The number of halogens is 2. The van der Waals surface area contributed by atoms with Crippen LogP contribution >= 0.6 is 46.3 Å². The fourth-order valence-corrected chi connectivity index (χ4v) is 7.09. The maximum Gasteiger partial charge on any atom is 0.330 e. The number of amides is 2. The number of thiophene rings is 1. The van der Waals surface area contributed by atoms with Crippen molar-refractivity contribution in [1.29, 1.82) is 0 Å². The van der Waals surface area contributed by atoms with E-state index in [0.29, 0.717) is 37.8 Å². The average Bonchev–Trinajstić information content (AvgIpc) is 3.47. The number of carbonyl (C=O) groups excluding carboxylic acids is 2. The Kier molecular flexibility index (Phi) is 7.71. The Labute approximate surface area is 256 Å². The zero-order valence-electron chi connectivity index (χ0n) is 21.4. The molecule has 1 saturated heterocycles. The van der Waals surface area contributed by atoms with Gasteiger partial charge in [0.25, 0.3) is 5.56 Å². The minimum atomic E-state index is -1.27. The lowest BCUT2D eigenvalue weighted by Gasteiger charge is -2.51. The van der Waals surface area contributed by atoms with Crippen LogP contribution in [0.1, 0.15) is 4.88 Å². The van der Waals surface area contributed by atoms with Crippen LogP contribution in [0.5, 0.6) is 5.75 Å². The number of β-lactam (4-membered cyclic amide) rings is 1. The van der Waals surface area contributed by atoms with Crippen molar-refractivity contribution in [3.63, 3.8) is 0 Å². The summed E-state index contributed by atoms with van der Waals surface area (Å²) in [6, 6.07) is 11.1. The Morgan fingerprint density at radius 3 is 2.67 bits per heavy atom. The number of fused-ring (bicyclic) bond motifs is 2. The van der Waals surface area contributed by atoms with Crippen LogP contribution in [-0.4, -0.2) is 61.8 Å². The van der Waals surface area contributed by atoms with E-state index >= 15 is 0 Å². The van der Waals surface area contributed by atoms with Crippen molar-refractivity contribution in [3.05, 3.63) is 90.2 Å². The topological polar surface area (TPSA) is 142 Å². The third-order valence-corrected chi connectivity index (χ3v) is 9.36. The molecule has 3 unspecified atom stereocenters. The van der Waals surface area contributed by atoms with Gasteiger partial charge in [0.2, 0.25) is 11.8 Å². The third kappa shape index (κ3) is 5.38. The van der Waals surface area contributed by atoms with Gasteiger partial charge in [0.1, 0.15) is 29.6 Å². The van der Waals surface area contributed by atoms with Crippen LogP contribution in [0.2, 0.25) is 10.0 Å². The minimum Gasteiger partial charge on any atom is -0.488 e. The van der Waals surface area contributed by atoms with Crippen LogP contribution in [-0.2, 0) is 20.8 Å². The minimum absolute atomic E-state index is 0.143. The molecule has 42 heavy (non-hydrogen) atoms. The highest BCUT2D eigenvalue weighted by Crippen LogP contribution is 2.41. The fraction of sp³-hybridized carbons (Fsp3) is 0.179. The van der Waals surface area contributed by atoms with Crippen LogP contribution < -0.4 is 15.6 Å². The van der Waals surface area contributed by atoms with Crippen molar-refractivity contribution in [3.8, 4) is 17.1 Å². The molecule has 4 heterocycles. The number of carbonyl (C=O) groups is 3. The maximum absolute atomic E-state index is 13.0. The Balaban J connectivity index is 1.22. The largest absolute Gasteiger partial charge is 0.488 e. The number of hydrogen-bond donors (Lipinski definition) is 3. The number of aromatic nitrogens is 2. The Morgan fingerprint density at radius 1 is 1.12 bits per heavy atom. The van der Waals surface area contributed by atoms with E-state index in [0.717, 1.165) is 4.88 Å². The van der Waals surface area contributed by atoms with E-state index < -0.39 is 34.9 Å². The summed E-state index contributed by atoms with van der Waals surface area (Å²) in [4.78, 5) is 59.9. The zero-order chi connectivity index (χ0) is 29.5. The first-order chi connectivity index (χ1) is 20.2. The summed E-state index contributed by atoms with van der Waals surface area (Å²) >= 11 is 15.0. The highest BCUT2D eigenvalue weighted by molar-refractivity contribution is 8.03. The van der Waals surface area contributed by atoms with Gasteiger partial charge >= 0.3 is 5.97 Å². The number of aliphatic carboxylic acids is 1. The smallest absolute Gasteiger partial charge is 0.330 e. The van der Waals surface area contributed by atoms with Crippen LogP contribution in [0.25, 0.3) is 22.3 Å². The molecule has 0 bridgehead atoms. The van der Waals surface area contributed by atoms with Gasteiger partial charge in [-0.25, -0.2) is 9.78 Å². The number of hydrogen-bond acceptors (Lipinski definition) is 8. The van der Waals surface area contributed by atoms with Crippen molar-refractivity contribution in [2.75, 3.05) is 6.61 Å². The summed E-state index contributed by atoms with van der Waals surface area (Å²) in [7, 11) is 0. The van der Waals surface area contributed by atoms with Crippen molar-refractivity contribution in [2.24, 2.45) is 0 Å². The van der Waals surface area contributed by atoms with E-state index in [1.165, 1.54) is 34.1 Å². The van der Waals surface area contributed by atoms with Crippen molar-refractivity contribution in [2.45, 2.75) is 23.9 Å². The van der Waals surface area contributed by atoms with Gasteiger partial charge in [-0.2, -0.15) is 0 Å². The summed E-state index contributed by atoms with van der Waals surface area (Å²) in [6.07, 6.45) is 0.143. The molecule has 14 heteroatoms. The molecule has 2 aromatic heterocycles. The number of H-pyrrole nitrogens is 1. The van der Waals surface area contributed by atoms with E-state index in [1.807, 2.05) is 17.5 Å². The average molecular weight is 644 g/mol. The van der Waals surface area contributed by atoms with Gasteiger partial charge < -0.3 is 25.0 Å². The van der Waals surface area contributed by atoms with Crippen LogP contribution in [0.15, 0.2) is 69.7 Å². The van der Waals surface area contributed by atoms with Gasteiger partial charge in [-0.15, -0.1) is 23.1 Å². The summed E-state index contributed by atoms with van der Waals surface area (Å²) < 4.78 is 6.04. The van der Waals surface area contributed by atoms with Gasteiger partial charge in [-0.05, 0) is 53.3 Å². The van der Waals surface area contributed by atoms with Crippen molar-refractivity contribution in [1.82, 2.24) is 20.2 Å². The first-order valence-electron chi connectivity index (χ1n) is 12.5. The molecule has 0 saturated carbocycles. The molecule has 2 amide bonds. The number of carboxylic acid groups (broad SMARTS) is 1. The molecule has 3 atom stereocenters. The van der Waals surface area contributed by atoms with E-state index in [4.69, 9.17) is 27.9 Å². The molecule has 214 valence electrons. The van der Waals surface area contributed by atoms with Crippen LogP contribution in [0.4, 0.5) is 0 Å². The van der Waals surface area contributed by atoms with Gasteiger partial charge in [-0.3, -0.25) is 14.4 Å². The lowest BCUT2D eigenvalue weighted by Crippen LogP contribution is -2.74. The van der Waals surface area contributed by atoms with E-state index in [-0.39, 0.29) is 24.8 Å². The SMILES string of the molecule is O=C(Cc1cccs1)NC1C(=O)N2C(C(=O)O)C(COc3ccc(Cl)cc3-c3nc4ccc(Cl)cc4c(=O)[nH]3)=CSC12. The highest BCUT2D eigenvalue weighted by Gasteiger charge is 2.55. The third-order valence-electron chi connectivity index (χ3n) is 6.79. The molecule has 2 aromatic carbocycles. The number of ether oxygens (including phenoxy) is 1. The zero-order valence-corrected chi connectivity index (χ0v) is 24.5. The quantitative estimate of drug-likeness (QED) is 0.241. The Bertz CT molecular complexity index is 1830. The van der Waals surface area contributed by atoms with Gasteiger partial charge in [0, 0.05) is 20.5 Å². The van der Waals surface area contributed by atoms with E-state index in [2.05, 4.69) is 15.3 Å². The molecular formula is C28H20Cl2N4O6S2. The van der Waals surface area contributed by atoms with Crippen molar-refractivity contribution >= 4 is 75.0 Å². The predicted octanol–water partition coefficient (Wildman–Crippen LogP) is 4.32.